The lowest BCUT2D eigenvalue weighted by Crippen LogP contribution is -2.34. The third kappa shape index (κ3) is 5.84. The van der Waals surface area contributed by atoms with Gasteiger partial charge in [0.1, 0.15) is 17.6 Å². The summed E-state index contributed by atoms with van der Waals surface area (Å²) in [4.78, 5) is 4.03. The molecule has 1 atom stereocenters. The summed E-state index contributed by atoms with van der Waals surface area (Å²) < 4.78 is 45.0. The van der Waals surface area contributed by atoms with Crippen LogP contribution in [0.2, 0.25) is 0 Å². The first-order chi connectivity index (χ1) is 11.3. The van der Waals surface area contributed by atoms with Crippen LogP contribution in [0, 0.1) is 0 Å². The number of nitrogens with one attached hydrogen (secondary N) is 1. The number of nitrogens with two attached hydrogens (primary N) is 1. The van der Waals surface area contributed by atoms with Crippen LogP contribution in [0.3, 0.4) is 0 Å². The molecule has 0 aliphatic heterocycles. The maximum absolute atomic E-state index is 12.1. The zero-order valence-electron chi connectivity index (χ0n) is 12.5. The van der Waals surface area contributed by atoms with Crippen LogP contribution in [-0.2, 0) is 6.54 Å². The van der Waals surface area contributed by atoms with Crippen LogP contribution in [0.25, 0.3) is 0 Å². The summed E-state index contributed by atoms with van der Waals surface area (Å²) >= 11 is 0. The summed E-state index contributed by atoms with van der Waals surface area (Å²) in [6, 6.07) is 8.59. The highest BCUT2D eigenvalue weighted by Gasteiger charge is 2.30. The number of aliphatic imine (C=N–C) groups is 1. The van der Waals surface area contributed by atoms with Crippen LogP contribution in [0.5, 0.6) is 5.75 Å². The maximum atomic E-state index is 12.1. The zero-order valence-corrected chi connectivity index (χ0v) is 12.5. The standard InChI is InChI=1S/C15H16F3N3O3/c16-15(17,18)24-11-5-3-10(4-6-11)8-20-14(19)21-9-12(22)13-2-1-7-23-13/h1-7,12,22H,8-9H2,(H3,19,20,21). The molecule has 1 heterocycles. The Bertz CT molecular complexity index is 655. The molecular formula is C15H16F3N3O3. The number of halogens is 3. The summed E-state index contributed by atoms with van der Waals surface area (Å²) in [5.41, 5.74) is 6.31. The van der Waals surface area contributed by atoms with Gasteiger partial charge in [0, 0.05) is 0 Å². The molecule has 2 rings (SSSR count). The molecule has 0 aliphatic carbocycles. The predicted octanol–water partition coefficient (Wildman–Crippen LogP) is 2.32. The number of nitrogens with zero attached hydrogens (tertiary/aromatic N) is 1. The summed E-state index contributed by atoms with van der Waals surface area (Å²) in [5.74, 6) is 0.190. The van der Waals surface area contributed by atoms with Gasteiger partial charge >= 0.3 is 6.36 Å². The first-order valence-corrected chi connectivity index (χ1v) is 6.93. The summed E-state index contributed by atoms with van der Waals surface area (Å²) in [7, 11) is 0. The Balaban J connectivity index is 1.81. The molecule has 0 bridgehead atoms. The van der Waals surface area contributed by atoms with E-state index in [1.165, 1.54) is 30.5 Å². The van der Waals surface area contributed by atoms with Gasteiger partial charge in [0.05, 0.1) is 19.4 Å². The second-order valence-corrected chi connectivity index (χ2v) is 4.81. The first-order valence-electron chi connectivity index (χ1n) is 6.93. The van der Waals surface area contributed by atoms with Gasteiger partial charge in [-0.1, -0.05) is 12.1 Å². The van der Waals surface area contributed by atoms with E-state index in [1.807, 2.05) is 0 Å². The number of aliphatic hydroxyl groups excluding tert-OH is 1. The molecule has 1 unspecified atom stereocenters. The third-order valence-electron chi connectivity index (χ3n) is 2.94. The largest absolute Gasteiger partial charge is 0.573 e. The molecule has 1 aromatic carbocycles. The second-order valence-electron chi connectivity index (χ2n) is 4.81. The van der Waals surface area contributed by atoms with E-state index in [-0.39, 0.29) is 24.8 Å². The van der Waals surface area contributed by atoms with Crippen LogP contribution >= 0.6 is 0 Å². The predicted molar refractivity (Wildman–Crippen MR) is 80.1 cm³/mol. The molecule has 0 spiro atoms. The van der Waals surface area contributed by atoms with E-state index in [0.29, 0.717) is 11.3 Å². The highest BCUT2D eigenvalue weighted by molar-refractivity contribution is 5.77. The van der Waals surface area contributed by atoms with Crippen molar-refractivity contribution < 1.29 is 27.4 Å². The molecule has 6 nitrogen and oxygen atoms in total. The number of rotatable bonds is 6. The Morgan fingerprint density at radius 1 is 1.29 bits per heavy atom. The molecule has 0 radical (unpaired) electrons. The molecule has 1 aromatic heterocycles. The van der Waals surface area contributed by atoms with Gasteiger partial charge in [-0.05, 0) is 29.8 Å². The molecular weight excluding hydrogens is 327 g/mol. The summed E-state index contributed by atoms with van der Waals surface area (Å²) in [6.45, 7) is 0.281. The van der Waals surface area contributed by atoms with Crippen molar-refractivity contribution in [1.82, 2.24) is 5.32 Å². The van der Waals surface area contributed by atoms with E-state index in [4.69, 9.17) is 10.2 Å². The van der Waals surface area contributed by atoms with Gasteiger partial charge in [-0.2, -0.15) is 0 Å². The Kier molecular flexibility index (Phi) is 5.69. The molecule has 9 heteroatoms. The average molecular weight is 343 g/mol. The fraction of sp³-hybridized carbons (Fsp3) is 0.267. The number of furan rings is 1. The third-order valence-corrected chi connectivity index (χ3v) is 2.94. The monoisotopic (exact) mass is 343 g/mol. The highest BCUT2D eigenvalue weighted by atomic mass is 19.4. The lowest BCUT2D eigenvalue weighted by molar-refractivity contribution is -0.274. The van der Waals surface area contributed by atoms with E-state index in [9.17, 15) is 18.3 Å². The molecule has 2 aromatic rings. The first kappa shape index (κ1) is 17.7. The normalized spacial score (nSPS) is 13.6. The number of ether oxygens (including phenoxy) is 1. The maximum Gasteiger partial charge on any atom is 0.573 e. The lowest BCUT2D eigenvalue weighted by atomic mass is 10.2. The van der Waals surface area contributed by atoms with Crippen LogP contribution in [0.1, 0.15) is 17.4 Å². The number of aliphatic hydroxyl groups is 1. The van der Waals surface area contributed by atoms with Gasteiger partial charge < -0.3 is 25.3 Å². The molecule has 0 aliphatic rings. The van der Waals surface area contributed by atoms with Crippen molar-refractivity contribution in [3.05, 3.63) is 54.0 Å². The van der Waals surface area contributed by atoms with Gasteiger partial charge in [0.15, 0.2) is 5.96 Å². The van der Waals surface area contributed by atoms with E-state index in [0.717, 1.165) is 0 Å². The SMILES string of the molecule is NC(=NCc1ccc(OC(F)(F)F)cc1)NCC(O)c1ccco1. The van der Waals surface area contributed by atoms with Crippen LogP contribution in [0.15, 0.2) is 52.1 Å². The zero-order chi connectivity index (χ0) is 17.6. The summed E-state index contributed by atoms with van der Waals surface area (Å²) in [6.07, 6.45) is -4.14. The van der Waals surface area contributed by atoms with Gasteiger partial charge in [0.25, 0.3) is 0 Å². The fourth-order valence-electron chi connectivity index (χ4n) is 1.81. The molecule has 130 valence electrons. The Labute approximate surface area is 135 Å². The van der Waals surface area contributed by atoms with Crippen molar-refractivity contribution >= 4 is 5.96 Å². The molecule has 0 amide bonds. The van der Waals surface area contributed by atoms with Gasteiger partial charge in [-0.15, -0.1) is 13.2 Å². The number of benzene rings is 1. The van der Waals surface area contributed by atoms with Crippen molar-refractivity contribution in [3.63, 3.8) is 0 Å². The van der Waals surface area contributed by atoms with E-state index in [1.54, 1.807) is 12.1 Å². The number of hydrogen-bond donors (Lipinski definition) is 3. The Morgan fingerprint density at radius 2 is 2.00 bits per heavy atom. The molecule has 0 saturated carbocycles. The number of hydrogen-bond acceptors (Lipinski definition) is 4. The Hall–Kier alpha value is -2.68. The van der Waals surface area contributed by atoms with Crippen molar-refractivity contribution in [2.24, 2.45) is 10.7 Å². The minimum Gasteiger partial charge on any atom is -0.467 e. The molecule has 4 N–H and O–H groups in total. The molecule has 0 fully saturated rings. The Morgan fingerprint density at radius 3 is 2.58 bits per heavy atom. The van der Waals surface area contributed by atoms with Gasteiger partial charge in [0.2, 0.25) is 0 Å². The van der Waals surface area contributed by atoms with Crippen molar-refractivity contribution in [3.8, 4) is 5.75 Å². The second kappa shape index (κ2) is 7.73. The van der Waals surface area contributed by atoms with Crippen LogP contribution in [-0.4, -0.2) is 24.0 Å². The van der Waals surface area contributed by atoms with E-state index < -0.39 is 12.5 Å². The minimum atomic E-state index is -4.72. The number of guanidine groups is 1. The minimum absolute atomic E-state index is 0.0937. The van der Waals surface area contributed by atoms with Crippen LogP contribution < -0.4 is 15.8 Å². The topological polar surface area (TPSA) is 93.0 Å². The van der Waals surface area contributed by atoms with Crippen molar-refractivity contribution in [1.29, 1.82) is 0 Å². The average Bonchev–Trinajstić information content (AvgIpc) is 3.05. The highest BCUT2D eigenvalue weighted by Crippen LogP contribution is 2.22. The van der Waals surface area contributed by atoms with Crippen molar-refractivity contribution in [2.45, 2.75) is 19.0 Å². The quantitative estimate of drug-likeness (QED) is 0.553. The van der Waals surface area contributed by atoms with E-state index in [2.05, 4.69) is 15.0 Å². The van der Waals surface area contributed by atoms with Gasteiger partial charge in [-0.25, -0.2) is 4.99 Å². The fourth-order valence-corrected chi connectivity index (χ4v) is 1.81. The van der Waals surface area contributed by atoms with E-state index >= 15 is 0 Å². The molecule has 24 heavy (non-hydrogen) atoms. The van der Waals surface area contributed by atoms with Gasteiger partial charge in [-0.3, -0.25) is 0 Å². The lowest BCUT2D eigenvalue weighted by Gasteiger charge is -2.10. The molecule has 0 saturated heterocycles. The summed E-state index contributed by atoms with van der Waals surface area (Å²) in [5, 5.41) is 12.5. The number of alkyl halides is 3. The van der Waals surface area contributed by atoms with Crippen LogP contribution in [0.4, 0.5) is 13.2 Å². The smallest absolute Gasteiger partial charge is 0.467 e. The van der Waals surface area contributed by atoms with Crippen molar-refractivity contribution in [2.75, 3.05) is 6.54 Å².